The van der Waals surface area contributed by atoms with Crippen molar-refractivity contribution in [1.29, 1.82) is 0 Å². The minimum atomic E-state index is -0.285. The SMILES string of the molecule is CCOC(=O)c1cccnc1CCc1cccs1. The van der Waals surface area contributed by atoms with E-state index >= 15 is 0 Å². The van der Waals surface area contributed by atoms with Crippen LogP contribution in [0.25, 0.3) is 0 Å². The summed E-state index contributed by atoms with van der Waals surface area (Å²) in [4.78, 5) is 17.4. The molecule has 0 spiro atoms. The lowest BCUT2D eigenvalue weighted by Gasteiger charge is -2.06. The Labute approximate surface area is 110 Å². The number of ether oxygens (including phenoxy) is 1. The molecule has 2 heterocycles. The quantitative estimate of drug-likeness (QED) is 0.776. The van der Waals surface area contributed by atoms with E-state index in [2.05, 4.69) is 16.4 Å². The average molecular weight is 261 g/mol. The highest BCUT2D eigenvalue weighted by Crippen LogP contribution is 2.14. The molecule has 0 fully saturated rings. The molecule has 0 N–H and O–H groups in total. The van der Waals surface area contributed by atoms with Gasteiger partial charge in [-0.15, -0.1) is 11.3 Å². The Bertz CT molecular complexity index is 508. The summed E-state index contributed by atoms with van der Waals surface area (Å²) in [6, 6.07) is 7.66. The molecule has 0 saturated heterocycles. The van der Waals surface area contributed by atoms with Crippen LogP contribution in [0.4, 0.5) is 0 Å². The van der Waals surface area contributed by atoms with Crippen LogP contribution in [-0.2, 0) is 17.6 Å². The summed E-state index contributed by atoms with van der Waals surface area (Å²) in [5, 5.41) is 2.06. The van der Waals surface area contributed by atoms with E-state index in [-0.39, 0.29) is 5.97 Å². The van der Waals surface area contributed by atoms with Gasteiger partial charge in [-0.05, 0) is 43.3 Å². The van der Waals surface area contributed by atoms with Crippen molar-refractivity contribution in [1.82, 2.24) is 4.98 Å². The third kappa shape index (κ3) is 3.17. The zero-order chi connectivity index (χ0) is 12.8. The first-order chi connectivity index (χ1) is 8.81. The van der Waals surface area contributed by atoms with Crippen molar-refractivity contribution in [3.8, 4) is 0 Å². The fourth-order valence-corrected chi connectivity index (χ4v) is 2.44. The second kappa shape index (κ2) is 6.31. The maximum atomic E-state index is 11.8. The second-order valence-corrected chi connectivity index (χ2v) is 4.83. The monoisotopic (exact) mass is 261 g/mol. The number of aryl methyl sites for hydroxylation is 2. The summed E-state index contributed by atoms with van der Waals surface area (Å²) in [6.45, 7) is 2.19. The summed E-state index contributed by atoms with van der Waals surface area (Å²) in [5.41, 5.74) is 1.39. The van der Waals surface area contributed by atoms with Crippen molar-refractivity contribution < 1.29 is 9.53 Å². The van der Waals surface area contributed by atoms with E-state index < -0.39 is 0 Å². The number of hydrogen-bond acceptors (Lipinski definition) is 4. The lowest BCUT2D eigenvalue weighted by atomic mass is 10.1. The molecule has 2 aromatic heterocycles. The van der Waals surface area contributed by atoms with Gasteiger partial charge in [0.1, 0.15) is 0 Å². The van der Waals surface area contributed by atoms with Crippen molar-refractivity contribution in [2.45, 2.75) is 19.8 Å². The lowest BCUT2D eigenvalue weighted by Crippen LogP contribution is -2.10. The zero-order valence-corrected chi connectivity index (χ0v) is 11.1. The van der Waals surface area contributed by atoms with Crippen LogP contribution in [0.3, 0.4) is 0 Å². The fourth-order valence-electron chi connectivity index (χ4n) is 1.73. The van der Waals surface area contributed by atoms with Gasteiger partial charge >= 0.3 is 5.97 Å². The minimum Gasteiger partial charge on any atom is -0.462 e. The van der Waals surface area contributed by atoms with Gasteiger partial charge < -0.3 is 4.74 Å². The highest BCUT2D eigenvalue weighted by molar-refractivity contribution is 7.09. The van der Waals surface area contributed by atoms with E-state index in [9.17, 15) is 4.79 Å². The Morgan fingerprint density at radius 2 is 2.22 bits per heavy atom. The predicted octanol–water partition coefficient (Wildman–Crippen LogP) is 3.11. The first-order valence-electron chi connectivity index (χ1n) is 5.94. The number of pyridine rings is 1. The fraction of sp³-hybridized carbons (Fsp3) is 0.286. The van der Waals surface area contributed by atoms with Gasteiger partial charge in [0.25, 0.3) is 0 Å². The Morgan fingerprint density at radius 1 is 1.33 bits per heavy atom. The largest absolute Gasteiger partial charge is 0.462 e. The van der Waals surface area contributed by atoms with Crippen molar-refractivity contribution in [3.05, 3.63) is 52.0 Å². The molecule has 3 nitrogen and oxygen atoms in total. The van der Waals surface area contributed by atoms with Crippen molar-refractivity contribution in [3.63, 3.8) is 0 Å². The highest BCUT2D eigenvalue weighted by Gasteiger charge is 2.12. The molecule has 0 aliphatic rings. The molecule has 0 aliphatic heterocycles. The topological polar surface area (TPSA) is 39.2 Å². The minimum absolute atomic E-state index is 0.285. The molecule has 2 aromatic rings. The standard InChI is InChI=1S/C14H15NO2S/c1-2-17-14(16)12-6-3-9-15-13(12)8-7-11-5-4-10-18-11/h3-6,9-10H,2,7-8H2,1H3. The maximum absolute atomic E-state index is 11.8. The Kier molecular flexibility index (Phi) is 4.47. The molecule has 4 heteroatoms. The van der Waals surface area contributed by atoms with Crippen LogP contribution < -0.4 is 0 Å². The van der Waals surface area contributed by atoms with Gasteiger partial charge in [-0.1, -0.05) is 6.07 Å². The molecule has 0 amide bonds. The van der Waals surface area contributed by atoms with Crippen LogP contribution >= 0.6 is 11.3 Å². The van der Waals surface area contributed by atoms with Crippen molar-refractivity contribution in [2.75, 3.05) is 6.61 Å². The number of hydrogen-bond donors (Lipinski definition) is 0. The zero-order valence-electron chi connectivity index (χ0n) is 10.3. The number of thiophene rings is 1. The number of carbonyl (C=O) groups is 1. The average Bonchev–Trinajstić information content (AvgIpc) is 2.90. The van der Waals surface area contributed by atoms with Crippen molar-refractivity contribution in [2.24, 2.45) is 0 Å². The van der Waals surface area contributed by atoms with Crippen LogP contribution in [0.1, 0.15) is 27.9 Å². The summed E-state index contributed by atoms with van der Waals surface area (Å²) in [5.74, 6) is -0.285. The number of esters is 1. The summed E-state index contributed by atoms with van der Waals surface area (Å²) in [6.07, 6.45) is 3.38. The van der Waals surface area contributed by atoms with Crippen LogP contribution in [0.2, 0.25) is 0 Å². The third-order valence-electron chi connectivity index (χ3n) is 2.57. The van der Waals surface area contributed by atoms with E-state index in [1.807, 2.05) is 6.07 Å². The number of rotatable bonds is 5. The molecule has 0 atom stereocenters. The molecular weight excluding hydrogens is 246 g/mol. The van der Waals surface area contributed by atoms with E-state index in [1.165, 1.54) is 4.88 Å². The van der Waals surface area contributed by atoms with Gasteiger partial charge in [0, 0.05) is 11.1 Å². The van der Waals surface area contributed by atoms with Crippen molar-refractivity contribution >= 4 is 17.3 Å². The van der Waals surface area contributed by atoms with Crippen LogP contribution in [0.5, 0.6) is 0 Å². The number of nitrogens with zero attached hydrogens (tertiary/aromatic N) is 1. The Hall–Kier alpha value is -1.68. The first kappa shape index (κ1) is 12.8. The van der Waals surface area contributed by atoms with Gasteiger partial charge in [-0.3, -0.25) is 4.98 Å². The van der Waals surface area contributed by atoms with E-state index in [4.69, 9.17) is 4.74 Å². The van der Waals surface area contributed by atoms with Gasteiger partial charge in [0.05, 0.1) is 17.9 Å². The Balaban J connectivity index is 2.09. The van der Waals surface area contributed by atoms with Crippen LogP contribution in [0.15, 0.2) is 35.8 Å². The van der Waals surface area contributed by atoms with Gasteiger partial charge in [0.15, 0.2) is 0 Å². The molecule has 2 rings (SSSR count). The van der Waals surface area contributed by atoms with Gasteiger partial charge in [-0.2, -0.15) is 0 Å². The van der Waals surface area contributed by atoms with Gasteiger partial charge in [-0.25, -0.2) is 4.79 Å². The van der Waals surface area contributed by atoms with E-state index in [0.29, 0.717) is 12.2 Å². The molecule has 0 saturated carbocycles. The van der Waals surface area contributed by atoms with Gasteiger partial charge in [0.2, 0.25) is 0 Å². The predicted molar refractivity (Wildman–Crippen MR) is 71.9 cm³/mol. The molecule has 0 radical (unpaired) electrons. The Morgan fingerprint density at radius 3 is 2.94 bits per heavy atom. The summed E-state index contributed by atoms with van der Waals surface area (Å²) in [7, 11) is 0. The lowest BCUT2D eigenvalue weighted by molar-refractivity contribution is 0.0524. The van der Waals surface area contributed by atoms with Crippen LogP contribution in [0, 0.1) is 0 Å². The molecule has 0 aromatic carbocycles. The summed E-state index contributed by atoms with van der Waals surface area (Å²) >= 11 is 1.72. The smallest absolute Gasteiger partial charge is 0.339 e. The second-order valence-electron chi connectivity index (χ2n) is 3.80. The maximum Gasteiger partial charge on any atom is 0.339 e. The van der Waals surface area contributed by atoms with E-state index in [1.54, 1.807) is 36.6 Å². The molecule has 0 unspecified atom stereocenters. The molecule has 18 heavy (non-hydrogen) atoms. The normalized spacial score (nSPS) is 10.3. The molecule has 94 valence electrons. The number of carbonyl (C=O) groups excluding carboxylic acids is 1. The number of aromatic nitrogens is 1. The molecular formula is C14H15NO2S. The molecule has 0 bridgehead atoms. The highest BCUT2D eigenvalue weighted by atomic mass is 32.1. The third-order valence-corrected chi connectivity index (χ3v) is 3.51. The van der Waals surface area contributed by atoms with E-state index in [0.717, 1.165) is 18.5 Å². The summed E-state index contributed by atoms with van der Waals surface area (Å²) < 4.78 is 5.03. The van der Waals surface area contributed by atoms with Crippen LogP contribution in [-0.4, -0.2) is 17.6 Å². The molecule has 0 aliphatic carbocycles. The first-order valence-corrected chi connectivity index (χ1v) is 6.82.